The van der Waals surface area contributed by atoms with Gasteiger partial charge in [-0.15, -0.1) is 11.6 Å². The molecule has 0 unspecified atom stereocenters. The Kier molecular flexibility index (Phi) is 6.71. The van der Waals surface area contributed by atoms with Crippen LogP contribution in [-0.2, 0) is 28.7 Å². The van der Waals surface area contributed by atoms with Crippen LogP contribution in [0.1, 0.15) is 53.4 Å². The van der Waals surface area contributed by atoms with Gasteiger partial charge in [-0.25, -0.2) is 0 Å². The monoisotopic (exact) mass is 516 g/mol. The Balaban J connectivity index is 1.91. The lowest BCUT2D eigenvalue weighted by Gasteiger charge is -2.58. The molecule has 0 spiro atoms. The van der Waals surface area contributed by atoms with E-state index < -0.39 is 40.3 Å². The molecule has 2 fully saturated rings. The van der Waals surface area contributed by atoms with Crippen LogP contribution in [0.25, 0.3) is 0 Å². The van der Waals surface area contributed by atoms with Gasteiger partial charge in [0.05, 0.1) is 12.0 Å². The molecule has 0 heterocycles. The summed E-state index contributed by atoms with van der Waals surface area (Å²) in [6.45, 7) is 11.3. The Morgan fingerprint density at radius 2 is 1.86 bits per heavy atom. The third-order valence-corrected chi connectivity index (χ3v) is 9.10. The third-order valence-electron chi connectivity index (χ3n) is 8.86. The van der Waals surface area contributed by atoms with Crippen molar-refractivity contribution in [1.82, 2.24) is 0 Å². The molecule has 0 aliphatic heterocycles. The van der Waals surface area contributed by atoms with Crippen LogP contribution in [0.2, 0.25) is 0 Å². The van der Waals surface area contributed by atoms with Gasteiger partial charge in [0.15, 0.2) is 17.2 Å². The maximum atomic E-state index is 13.4. The number of carbonyl (C=O) groups is 4. The van der Waals surface area contributed by atoms with Gasteiger partial charge in [-0.1, -0.05) is 40.3 Å². The summed E-state index contributed by atoms with van der Waals surface area (Å²) in [7, 11) is 0. The lowest BCUT2D eigenvalue weighted by Crippen LogP contribution is -2.62. The number of hydrogen-bond acceptors (Lipinski definition) is 7. The quantitative estimate of drug-likeness (QED) is 0.323. The number of carbonyl (C=O) groups excluding carboxylic acids is 4. The molecule has 1 N–H and O–H groups in total. The van der Waals surface area contributed by atoms with Crippen LogP contribution in [-0.4, -0.2) is 46.2 Å². The maximum absolute atomic E-state index is 13.4. The Morgan fingerprint density at radius 3 is 2.47 bits per heavy atom. The topological polar surface area (TPSA) is 107 Å². The molecular weight excluding hydrogens is 484 g/mol. The fraction of sp³-hybridized carbons (Fsp3) is 0.571. The number of aliphatic hydroxyl groups is 1. The molecule has 4 aliphatic rings. The molecule has 0 saturated heterocycles. The standard InChI is InChI=1S/C28H33ClO7/c1-6-23(33)35-21-12-17-18-10-15(3)28(22(32)14-29,36-24(34)7-2)27(18,5)13-20(31)25(17)26(4)9-8-16(30)11-19(21)26/h8-9,11-12,17-18,20,25,31H,3,6-7,10,13-14H2,1-2,4-5H3/t17-,18-,20-,25+,26-,27-,28+/m0/s1. The number of fused-ring (bicyclic) bond motifs is 5. The molecule has 194 valence electrons. The van der Waals surface area contributed by atoms with Gasteiger partial charge in [0, 0.05) is 35.2 Å². The zero-order chi connectivity index (χ0) is 26.6. The minimum absolute atomic E-state index is 0.0714. The normalized spacial score (nSPS) is 38.8. The number of alkyl halides is 1. The number of ether oxygens (including phenoxy) is 2. The second kappa shape index (κ2) is 9.10. The number of rotatable bonds is 6. The van der Waals surface area contributed by atoms with Crippen molar-refractivity contribution in [2.45, 2.75) is 65.1 Å². The zero-order valence-corrected chi connectivity index (χ0v) is 21.9. The van der Waals surface area contributed by atoms with E-state index in [1.54, 1.807) is 26.0 Å². The van der Waals surface area contributed by atoms with E-state index in [9.17, 15) is 24.3 Å². The molecule has 2 saturated carbocycles. The van der Waals surface area contributed by atoms with Crippen molar-refractivity contribution in [3.63, 3.8) is 0 Å². The summed E-state index contributed by atoms with van der Waals surface area (Å²) >= 11 is 6.04. The number of esters is 2. The summed E-state index contributed by atoms with van der Waals surface area (Å²) in [5, 5.41) is 11.7. The average molecular weight is 517 g/mol. The predicted molar refractivity (Wildman–Crippen MR) is 133 cm³/mol. The second-order valence-corrected chi connectivity index (χ2v) is 11.0. The van der Waals surface area contributed by atoms with E-state index >= 15 is 0 Å². The van der Waals surface area contributed by atoms with Crippen LogP contribution in [0, 0.1) is 28.6 Å². The number of ketones is 2. The van der Waals surface area contributed by atoms with Gasteiger partial charge in [-0.05, 0) is 48.5 Å². The van der Waals surface area contributed by atoms with Crippen molar-refractivity contribution < 1.29 is 33.8 Å². The first-order valence-electron chi connectivity index (χ1n) is 12.4. The summed E-state index contributed by atoms with van der Waals surface area (Å²) in [5.74, 6) is -2.74. The Labute approximate surface area is 216 Å². The molecule has 36 heavy (non-hydrogen) atoms. The SMILES string of the molecule is C=C1C[C@H]2[C@@H]3C=C(OC(=O)CC)C4=CC(=O)C=C[C@]4(C)[C@H]3[C@@H](O)C[C@]2(C)[C@]1(OC(=O)CC)C(=O)CCl. The van der Waals surface area contributed by atoms with Gasteiger partial charge >= 0.3 is 11.9 Å². The van der Waals surface area contributed by atoms with Crippen molar-refractivity contribution in [3.05, 3.63) is 47.8 Å². The summed E-state index contributed by atoms with van der Waals surface area (Å²) in [6, 6.07) is 0. The zero-order valence-electron chi connectivity index (χ0n) is 21.1. The summed E-state index contributed by atoms with van der Waals surface area (Å²) in [5.41, 5.74) is -2.44. The maximum Gasteiger partial charge on any atom is 0.310 e. The second-order valence-electron chi connectivity index (χ2n) is 10.7. The highest BCUT2D eigenvalue weighted by Gasteiger charge is 2.71. The minimum Gasteiger partial charge on any atom is -0.446 e. The van der Waals surface area contributed by atoms with Crippen LogP contribution in [0.5, 0.6) is 0 Å². The van der Waals surface area contributed by atoms with Crippen LogP contribution < -0.4 is 0 Å². The molecular formula is C28H33ClO7. The molecule has 7 atom stereocenters. The lowest BCUT2D eigenvalue weighted by atomic mass is 9.47. The van der Waals surface area contributed by atoms with Crippen LogP contribution in [0.3, 0.4) is 0 Å². The molecule has 0 amide bonds. The van der Waals surface area contributed by atoms with E-state index in [-0.39, 0.29) is 54.4 Å². The predicted octanol–water partition coefficient (Wildman–Crippen LogP) is 3.99. The molecule has 4 aliphatic carbocycles. The number of aliphatic hydroxyl groups excluding tert-OH is 1. The van der Waals surface area contributed by atoms with Crippen molar-refractivity contribution in [2.75, 3.05) is 5.88 Å². The highest BCUT2D eigenvalue weighted by molar-refractivity contribution is 6.29. The largest absolute Gasteiger partial charge is 0.446 e. The van der Waals surface area contributed by atoms with Gasteiger partial charge in [0.1, 0.15) is 5.76 Å². The summed E-state index contributed by atoms with van der Waals surface area (Å²) < 4.78 is 11.6. The van der Waals surface area contributed by atoms with Crippen molar-refractivity contribution in [2.24, 2.45) is 28.6 Å². The van der Waals surface area contributed by atoms with Gasteiger partial charge < -0.3 is 14.6 Å². The van der Waals surface area contributed by atoms with Crippen LogP contribution >= 0.6 is 11.6 Å². The average Bonchev–Trinajstić information content (AvgIpc) is 3.05. The van der Waals surface area contributed by atoms with E-state index in [4.69, 9.17) is 21.1 Å². The smallest absolute Gasteiger partial charge is 0.310 e. The van der Waals surface area contributed by atoms with Crippen molar-refractivity contribution >= 4 is 35.1 Å². The van der Waals surface area contributed by atoms with Crippen LogP contribution in [0.4, 0.5) is 0 Å². The number of halogens is 1. The molecule has 0 radical (unpaired) electrons. The van der Waals surface area contributed by atoms with E-state index in [0.717, 1.165) is 0 Å². The molecule has 0 aromatic carbocycles. The molecule has 8 heteroatoms. The summed E-state index contributed by atoms with van der Waals surface area (Å²) in [4.78, 5) is 50.6. The van der Waals surface area contributed by atoms with E-state index in [1.165, 1.54) is 12.2 Å². The first kappa shape index (κ1) is 26.6. The first-order chi connectivity index (χ1) is 16.9. The van der Waals surface area contributed by atoms with E-state index in [2.05, 4.69) is 6.58 Å². The third kappa shape index (κ3) is 3.58. The Morgan fingerprint density at radius 1 is 1.19 bits per heavy atom. The van der Waals surface area contributed by atoms with Gasteiger partial charge in [0.2, 0.25) is 0 Å². The minimum atomic E-state index is -1.66. The number of Topliss-reactive ketones (excluding diaryl/α,β-unsaturated/α-hetero) is 1. The Bertz CT molecular complexity index is 1130. The van der Waals surface area contributed by atoms with Crippen molar-refractivity contribution in [3.8, 4) is 0 Å². The van der Waals surface area contributed by atoms with Gasteiger partial charge in [-0.2, -0.15) is 0 Å². The fourth-order valence-electron chi connectivity index (χ4n) is 7.21. The molecule has 0 aromatic heterocycles. The molecule has 7 nitrogen and oxygen atoms in total. The number of hydrogen-bond donors (Lipinski definition) is 1. The highest BCUT2D eigenvalue weighted by Crippen LogP contribution is 2.68. The first-order valence-corrected chi connectivity index (χ1v) is 13.0. The number of allylic oxidation sites excluding steroid dienone is 5. The van der Waals surface area contributed by atoms with Gasteiger partial charge in [0.25, 0.3) is 0 Å². The Hall–Kier alpha value is -2.51. The highest BCUT2D eigenvalue weighted by atomic mass is 35.5. The molecule has 0 aromatic rings. The summed E-state index contributed by atoms with van der Waals surface area (Å²) in [6.07, 6.45) is 6.36. The van der Waals surface area contributed by atoms with Crippen molar-refractivity contribution in [1.29, 1.82) is 0 Å². The fourth-order valence-corrected chi connectivity index (χ4v) is 7.40. The lowest BCUT2D eigenvalue weighted by molar-refractivity contribution is -0.188. The molecule has 4 rings (SSSR count). The van der Waals surface area contributed by atoms with E-state index in [1.807, 2.05) is 13.8 Å². The van der Waals surface area contributed by atoms with Crippen LogP contribution in [0.15, 0.2) is 47.8 Å². The molecule has 0 bridgehead atoms. The van der Waals surface area contributed by atoms with Gasteiger partial charge in [-0.3, -0.25) is 19.2 Å². The van der Waals surface area contributed by atoms with E-state index in [0.29, 0.717) is 17.6 Å².